The molecule has 0 atom stereocenters. The van der Waals surface area contributed by atoms with Crippen LogP contribution in [0, 0.1) is 10.1 Å². The Kier molecular flexibility index (Phi) is 6.90. The van der Waals surface area contributed by atoms with E-state index < -0.39 is 10.8 Å². The molecule has 1 heterocycles. The van der Waals surface area contributed by atoms with Crippen molar-refractivity contribution >= 4 is 76.2 Å². The molecule has 0 aliphatic rings. The molecule has 24 heavy (non-hydrogen) atoms. The Hall–Kier alpha value is -1.30. The Labute approximate surface area is 165 Å². The molecule has 1 aromatic heterocycles. The van der Waals surface area contributed by atoms with E-state index in [0.29, 0.717) is 19.6 Å². The third kappa shape index (κ3) is 5.36. The highest BCUT2D eigenvalue weighted by Crippen LogP contribution is 2.36. The van der Waals surface area contributed by atoms with Gasteiger partial charge in [0.15, 0.2) is 6.61 Å². The summed E-state index contributed by atoms with van der Waals surface area (Å²) in [6.07, 6.45) is 1.33. The van der Waals surface area contributed by atoms with E-state index >= 15 is 0 Å². The summed E-state index contributed by atoms with van der Waals surface area (Å²) in [4.78, 5) is 22.4. The van der Waals surface area contributed by atoms with Crippen LogP contribution < -0.4 is 10.2 Å². The lowest BCUT2D eigenvalue weighted by Gasteiger charge is -2.09. The van der Waals surface area contributed by atoms with Crippen LogP contribution in [-0.2, 0) is 4.79 Å². The number of halogens is 3. The Morgan fingerprint density at radius 1 is 1.33 bits per heavy atom. The molecule has 0 aliphatic heterocycles. The van der Waals surface area contributed by atoms with E-state index in [1.807, 2.05) is 0 Å². The van der Waals surface area contributed by atoms with Gasteiger partial charge in [-0.25, -0.2) is 5.43 Å². The van der Waals surface area contributed by atoms with Crippen molar-refractivity contribution in [3.63, 3.8) is 0 Å². The number of nitro groups is 1. The number of rotatable bonds is 6. The molecule has 0 aliphatic carbocycles. The van der Waals surface area contributed by atoms with E-state index in [-0.39, 0.29) is 11.6 Å². The van der Waals surface area contributed by atoms with E-state index in [4.69, 9.17) is 4.74 Å². The summed E-state index contributed by atoms with van der Waals surface area (Å²) in [7, 11) is 0. The van der Waals surface area contributed by atoms with E-state index in [0.717, 1.165) is 15.8 Å². The van der Waals surface area contributed by atoms with Gasteiger partial charge in [-0.2, -0.15) is 5.10 Å². The van der Waals surface area contributed by atoms with Gasteiger partial charge in [-0.3, -0.25) is 14.9 Å². The minimum Gasteiger partial charge on any atom is -0.481 e. The summed E-state index contributed by atoms with van der Waals surface area (Å²) in [6, 6.07) is 6.50. The molecule has 0 spiro atoms. The van der Waals surface area contributed by atoms with E-state index in [9.17, 15) is 14.9 Å². The monoisotopic (exact) mass is 539 g/mol. The van der Waals surface area contributed by atoms with Crippen LogP contribution in [0.25, 0.3) is 0 Å². The molecule has 2 rings (SSSR count). The van der Waals surface area contributed by atoms with Crippen molar-refractivity contribution in [1.82, 2.24) is 5.43 Å². The third-order valence-electron chi connectivity index (χ3n) is 2.48. The molecule has 1 aromatic carbocycles. The molecule has 0 fully saturated rings. The zero-order valence-electron chi connectivity index (χ0n) is 11.7. The molecule has 7 nitrogen and oxygen atoms in total. The van der Waals surface area contributed by atoms with Crippen LogP contribution in [0.5, 0.6) is 5.75 Å². The van der Waals surface area contributed by atoms with Gasteiger partial charge in [0.1, 0.15) is 5.75 Å². The van der Waals surface area contributed by atoms with Crippen LogP contribution in [0.4, 0.5) is 5.00 Å². The van der Waals surface area contributed by atoms with Gasteiger partial charge in [-0.1, -0.05) is 27.3 Å². The van der Waals surface area contributed by atoms with Gasteiger partial charge in [-0.15, -0.1) is 0 Å². The molecular formula is C13H8Br3N3O4S. The third-order valence-corrected chi connectivity index (χ3v) is 5.09. The maximum Gasteiger partial charge on any atom is 0.324 e. The lowest BCUT2D eigenvalue weighted by Crippen LogP contribution is -2.24. The zero-order valence-corrected chi connectivity index (χ0v) is 17.2. The number of nitrogens with zero attached hydrogens (tertiary/aromatic N) is 2. The van der Waals surface area contributed by atoms with Crippen molar-refractivity contribution in [1.29, 1.82) is 0 Å². The number of amides is 1. The van der Waals surface area contributed by atoms with E-state index in [1.165, 1.54) is 12.3 Å². The second kappa shape index (κ2) is 8.70. The second-order valence-electron chi connectivity index (χ2n) is 4.21. The number of nitrogens with one attached hydrogen (secondary N) is 1. The smallest absolute Gasteiger partial charge is 0.324 e. The number of carbonyl (C=O) groups excluding carboxylic acids is 1. The molecule has 11 heteroatoms. The first-order valence-electron chi connectivity index (χ1n) is 6.20. The lowest BCUT2D eigenvalue weighted by molar-refractivity contribution is -0.380. The Morgan fingerprint density at radius 2 is 2.00 bits per heavy atom. The average molecular weight is 542 g/mol. The second-order valence-corrected chi connectivity index (χ2v) is 7.93. The first-order chi connectivity index (χ1) is 11.4. The predicted octanol–water partition coefficient (Wildman–Crippen LogP) is 4.47. The topological polar surface area (TPSA) is 93.8 Å². The highest BCUT2D eigenvalue weighted by Gasteiger charge is 2.11. The number of hydrogen-bond donors (Lipinski definition) is 1. The normalized spacial score (nSPS) is 10.8. The minimum atomic E-state index is -0.484. The fourth-order valence-electron chi connectivity index (χ4n) is 1.51. The van der Waals surface area contributed by atoms with Gasteiger partial charge in [0.25, 0.3) is 5.91 Å². The number of thiophene rings is 1. The molecule has 2 aromatic rings. The van der Waals surface area contributed by atoms with Crippen molar-refractivity contribution in [3.8, 4) is 5.75 Å². The highest BCUT2D eigenvalue weighted by molar-refractivity contribution is 9.11. The number of hydrazone groups is 1. The lowest BCUT2D eigenvalue weighted by atomic mass is 10.3. The van der Waals surface area contributed by atoms with E-state index in [1.54, 1.807) is 18.2 Å². The van der Waals surface area contributed by atoms with Crippen molar-refractivity contribution in [2.45, 2.75) is 0 Å². The van der Waals surface area contributed by atoms with Crippen LogP contribution in [-0.4, -0.2) is 23.7 Å². The SMILES string of the molecule is O=C(COc1c(Br)cc(Br)cc1Br)N/N=C/c1ccc([N+](=O)[O-])s1. The van der Waals surface area contributed by atoms with Crippen molar-refractivity contribution < 1.29 is 14.5 Å². The zero-order chi connectivity index (χ0) is 17.7. The minimum absolute atomic E-state index is 0.0102. The number of benzene rings is 1. The van der Waals surface area contributed by atoms with Crippen molar-refractivity contribution in [2.24, 2.45) is 5.10 Å². The first kappa shape index (κ1) is 19.0. The summed E-state index contributed by atoms with van der Waals surface area (Å²) in [5.41, 5.74) is 2.29. The van der Waals surface area contributed by atoms with Gasteiger partial charge in [-0.05, 0) is 50.1 Å². The quantitative estimate of drug-likeness (QED) is 0.332. The maximum absolute atomic E-state index is 11.7. The van der Waals surface area contributed by atoms with Crippen molar-refractivity contribution in [3.05, 3.63) is 52.7 Å². The molecular weight excluding hydrogens is 534 g/mol. The van der Waals surface area contributed by atoms with Crippen LogP contribution in [0.3, 0.4) is 0 Å². The Morgan fingerprint density at radius 3 is 2.58 bits per heavy atom. The summed E-state index contributed by atoms with van der Waals surface area (Å²) >= 11 is 11.0. The Bertz CT molecular complexity index is 787. The summed E-state index contributed by atoms with van der Waals surface area (Å²) in [5, 5.41) is 14.3. The van der Waals surface area contributed by atoms with Gasteiger partial charge >= 0.3 is 5.00 Å². The van der Waals surface area contributed by atoms with Gasteiger partial charge in [0, 0.05) is 10.5 Å². The summed E-state index contributed by atoms with van der Waals surface area (Å²) in [6.45, 7) is -0.235. The van der Waals surface area contributed by atoms with Gasteiger partial charge < -0.3 is 4.74 Å². The number of ether oxygens (including phenoxy) is 1. The average Bonchev–Trinajstić information content (AvgIpc) is 2.95. The van der Waals surface area contributed by atoms with Gasteiger partial charge in [0.05, 0.1) is 25.0 Å². The van der Waals surface area contributed by atoms with Crippen LogP contribution in [0.15, 0.2) is 42.8 Å². The molecule has 0 saturated carbocycles. The molecule has 0 radical (unpaired) electrons. The largest absolute Gasteiger partial charge is 0.481 e. The molecule has 126 valence electrons. The summed E-state index contributed by atoms with van der Waals surface area (Å²) < 4.78 is 7.66. The Balaban J connectivity index is 1.87. The summed E-state index contributed by atoms with van der Waals surface area (Å²) in [5.74, 6) is 0.0326. The van der Waals surface area contributed by atoms with Crippen LogP contribution in [0.1, 0.15) is 4.88 Å². The fourth-order valence-corrected chi connectivity index (χ4v) is 4.70. The standard InChI is InChI=1S/C13H8Br3N3O4S/c14-7-3-9(15)13(10(16)4-7)23-6-11(20)18-17-5-8-1-2-12(24-8)19(21)22/h1-5H,6H2,(H,18,20)/b17-5+. The first-order valence-corrected chi connectivity index (χ1v) is 9.40. The molecule has 0 saturated heterocycles. The van der Waals surface area contributed by atoms with Crippen molar-refractivity contribution in [2.75, 3.05) is 6.61 Å². The predicted molar refractivity (Wildman–Crippen MR) is 102 cm³/mol. The molecule has 0 unspecified atom stereocenters. The van der Waals surface area contributed by atoms with Crippen LogP contribution >= 0.6 is 59.1 Å². The number of carbonyl (C=O) groups is 1. The van der Waals surface area contributed by atoms with E-state index in [2.05, 4.69) is 58.3 Å². The van der Waals surface area contributed by atoms with Crippen LogP contribution in [0.2, 0.25) is 0 Å². The fraction of sp³-hybridized carbons (Fsp3) is 0.0769. The molecule has 1 N–H and O–H groups in total. The van der Waals surface area contributed by atoms with Gasteiger partial charge in [0.2, 0.25) is 0 Å². The number of hydrogen-bond acceptors (Lipinski definition) is 6. The molecule has 1 amide bonds. The molecule has 0 bridgehead atoms. The highest BCUT2D eigenvalue weighted by atomic mass is 79.9. The maximum atomic E-state index is 11.7.